The van der Waals surface area contributed by atoms with Gasteiger partial charge in [-0.15, -0.1) is 0 Å². The Morgan fingerprint density at radius 3 is 2.11 bits per heavy atom. The van der Waals surface area contributed by atoms with Crippen molar-refractivity contribution in [3.63, 3.8) is 0 Å². The first kappa shape index (κ1) is 16.1. The van der Waals surface area contributed by atoms with E-state index in [0.29, 0.717) is 30.0 Å². The fourth-order valence-corrected chi connectivity index (χ4v) is 2.33. The molecule has 0 atom stereocenters. The van der Waals surface area contributed by atoms with Crippen molar-refractivity contribution < 1.29 is 8.78 Å². The minimum atomic E-state index is -0.387. The Morgan fingerprint density at radius 2 is 1.58 bits per heavy atom. The van der Waals surface area contributed by atoms with E-state index in [4.69, 9.17) is 0 Å². The molecule has 0 amide bonds. The maximum Gasteiger partial charge on any atom is 0.127 e. The highest BCUT2D eigenvalue weighted by Crippen LogP contribution is 2.15. The van der Waals surface area contributed by atoms with E-state index in [1.807, 2.05) is 0 Å². The molecule has 0 aromatic heterocycles. The number of rotatable bonds is 7. The molecule has 19 heavy (non-hydrogen) atoms. The van der Waals surface area contributed by atoms with Gasteiger partial charge in [0, 0.05) is 18.2 Å². The second-order valence-corrected chi connectivity index (χ2v) is 6.07. The molecule has 3 heteroatoms. The fraction of sp³-hybridized carbons (Fsp3) is 0.625. The zero-order valence-corrected chi connectivity index (χ0v) is 12.3. The summed E-state index contributed by atoms with van der Waals surface area (Å²) in [4.78, 5) is 0. The molecule has 0 spiro atoms. The van der Waals surface area contributed by atoms with E-state index in [-0.39, 0.29) is 11.6 Å². The molecule has 0 aliphatic carbocycles. The normalized spacial score (nSPS) is 11.8. The summed E-state index contributed by atoms with van der Waals surface area (Å²) in [6, 6.07) is 3.96. The SMILES string of the molecule is CC(C)CC(CC(C)C)NCc1cc(F)ccc1F. The summed E-state index contributed by atoms with van der Waals surface area (Å²) in [6.45, 7) is 9.10. The van der Waals surface area contributed by atoms with Crippen molar-refractivity contribution in [1.29, 1.82) is 0 Å². The lowest BCUT2D eigenvalue weighted by Crippen LogP contribution is -2.31. The summed E-state index contributed by atoms with van der Waals surface area (Å²) in [7, 11) is 0. The molecule has 1 N–H and O–H groups in total. The third-order valence-corrected chi connectivity index (χ3v) is 3.10. The summed E-state index contributed by atoms with van der Waals surface area (Å²) in [5.74, 6) is 0.450. The van der Waals surface area contributed by atoms with Crippen LogP contribution in [-0.4, -0.2) is 6.04 Å². The van der Waals surface area contributed by atoms with Crippen molar-refractivity contribution in [3.05, 3.63) is 35.4 Å². The van der Waals surface area contributed by atoms with Crippen molar-refractivity contribution in [2.45, 2.75) is 53.1 Å². The third-order valence-electron chi connectivity index (χ3n) is 3.10. The van der Waals surface area contributed by atoms with Crippen LogP contribution in [0.4, 0.5) is 8.78 Å². The molecule has 1 aromatic rings. The fourth-order valence-electron chi connectivity index (χ4n) is 2.33. The van der Waals surface area contributed by atoms with E-state index in [0.717, 1.165) is 18.9 Å². The monoisotopic (exact) mass is 269 g/mol. The predicted molar refractivity (Wildman–Crippen MR) is 75.9 cm³/mol. The summed E-state index contributed by atoms with van der Waals surface area (Å²) in [5, 5.41) is 3.36. The lowest BCUT2D eigenvalue weighted by atomic mass is 9.95. The minimum absolute atomic E-state index is 0.346. The van der Waals surface area contributed by atoms with E-state index in [9.17, 15) is 8.78 Å². The first-order chi connectivity index (χ1) is 8.88. The molecule has 0 radical (unpaired) electrons. The zero-order chi connectivity index (χ0) is 14.4. The van der Waals surface area contributed by atoms with Crippen LogP contribution in [-0.2, 0) is 6.54 Å². The highest BCUT2D eigenvalue weighted by atomic mass is 19.1. The van der Waals surface area contributed by atoms with Crippen LogP contribution in [0.1, 0.15) is 46.1 Å². The van der Waals surface area contributed by atoms with Gasteiger partial charge >= 0.3 is 0 Å². The van der Waals surface area contributed by atoms with Gasteiger partial charge in [-0.3, -0.25) is 0 Å². The van der Waals surface area contributed by atoms with Gasteiger partial charge < -0.3 is 5.32 Å². The van der Waals surface area contributed by atoms with E-state index in [1.54, 1.807) is 0 Å². The van der Waals surface area contributed by atoms with Gasteiger partial charge in [-0.2, -0.15) is 0 Å². The summed E-state index contributed by atoms with van der Waals surface area (Å²) >= 11 is 0. The average Bonchev–Trinajstić information content (AvgIpc) is 2.28. The molecule has 0 heterocycles. The first-order valence-corrected chi connectivity index (χ1v) is 7.05. The molecule has 0 unspecified atom stereocenters. The highest BCUT2D eigenvalue weighted by Gasteiger charge is 2.13. The van der Waals surface area contributed by atoms with Crippen LogP contribution in [0.25, 0.3) is 0 Å². The van der Waals surface area contributed by atoms with Crippen LogP contribution >= 0.6 is 0 Å². The van der Waals surface area contributed by atoms with Crippen LogP contribution in [0.15, 0.2) is 18.2 Å². The Hall–Kier alpha value is -0.960. The van der Waals surface area contributed by atoms with Crippen molar-refractivity contribution in [1.82, 2.24) is 5.32 Å². The quantitative estimate of drug-likeness (QED) is 0.767. The molecular weight excluding hydrogens is 244 g/mol. The van der Waals surface area contributed by atoms with Crippen LogP contribution in [0.5, 0.6) is 0 Å². The van der Waals surface area contributed by atoms with Crippen molar-refractivity contribution in [2.75, 3.05) is 0 Å². The van der Waals surface area contributed by atoms with E-state index in [2.05, 4.69) is 33.0 Å². The summed E-state index contributed by atoms with van der Waals surface area (Å²) in [5.41, 5.74) is 0.400. The van der Waals surface area contributed by atoms with Gasteiger partial charge in [-0.1, -0.05) is 27.7 Å². The molecule has 1 rings (SSSR count). The van der Waals surface area contributed by atoms with Crippen molar-refractivity contribution in [3.8, 4) is 0 Å². The van der Waals surface area contributed by atoms with Gasteiger partial charge in [0.15, 0.2) is 0 Å². The molecule has 0 aliphatic heterocycles. The van der Waals surface area contributed by atoms with E-state index >= 15 is 0 Å². The lowest BCUT2D eigenvalue weighted by Gasteiger charge is -2.22. The molecule has 0 bridgehead atoms. The maximum absolute atomic E-state index is 13.5. The smallest absolute Gasteiger partial charge is 0.127 e. The summed E-state index contributed by atoms with van der Waals surface area (Å²) < 4.78 is 26.6. The Bertz CT molecular complexity index is 378. The van der Waals surface area contributed by atoms with Crippen LogP contribution in [0, 0.1) is 23.5 Å². The van der Waals surface area contributed by atoms with Crippen LogP contribution in [0.3, 0.4) is 0 Å². The Balaban J connectivity index is 2.61. The van der Waals surface area contributed by atoms with Gasteiger partial charge in [0.05, 0.1) is 0 Å². The molecule has 0 fully saturated rings. The van der Waals surface area contributed by atoms with Gasteiger partial charge in [0.25, 0.3) is 0 Å². The van der Waals surface area contributed by atoms with Crippen LogP contribution in [0.2, 0.25) is 0 Å². The number of nitrogens with one attached hydrogen (secondary N) is 1. The molecule has 1 aromatic carbocycles. The maximum atomic E-state index is 13.5. The van der Waals surface area contributed by atoms with Gasteiger partial charge in [-0.05, 0) is 42.9 Å². The molecular formula is C16H25F2N. The van der Waals surface area contributed by atoms with E-state index in [1.165, 1.54) is 12.1 Å². The zero-order valence-electron chi connectivity index (χ0n) is 12.3. The summed E-state index contributed by atoms with van der Waals surface area (Å²) in [6.07, 6.45) is 2.10. The lowest BCUT2D eigenvalue weighted by molar-refractivity contribution is 0.356. The van der Waals surface area contributed by atoms with Crippen LogP contribution < -0.4 is 5.32 Å². The number of hydrogen-bond donors (Lipinski definition) is 1. The Morgan fingerprint density at radius 1 is 1.00 bits per heavy atom. The molecule has 0 saturated heterocycles. The number of hydrogen-bond acceptors (Lipinski definition) is 1. The molecule has 108 valence electrons. The average molecular weight is 269 g/mol. The van der Waals surface area contributed by atoms with Gasteiger partial charge in [0.2, 0.25) is 0 Å². The van der Waals surface area contributed by atoms with E-state index < -0.39 is 0 Å². The second-order valence-electron chi connectivity index (χ2n) is 6.07. The van der Waals surface area contributed by atoms with Gasteiger partial charge in [-0.25, -0.2) is 8.78 Å². The molecule has 1 nitrogen and oxygen atoms in total. The largest absolute Gasteiger partial charge is 0.310 e. The molecule has 0 saturated carbocycles. The second kappa shape index (κ2) is 7.59. The highest BCUT2D eigenvalue weighted by molar-refractivity contribution is 5.18. The third kappa shape index (κ3) is 6.15. The molecule has 0 aliphatic rings. The van der Waals surface area contributed by atoms with Crippen molar-refractivity contribution >= 4 is 0 Å². The Labute approximate surface area is 115 Å². The predicted octanol–water partition coefficient (Wildman–Crippen LogP) is 4.52. The van der Waals surface area contributed by atoms with Crippen molar-refractivity contribution in [2.24, 2.45) is 11.8 Å². The number of benzene rings is 1. The first-order valence-electron chi connectivity index (χ1n) is 7.05. The van der Waals surface area contributed by atoms with Gasteiger partial charge in [0.1, 0.15) is 11.6 Å². The minimum Gasteiger partial charge on any atom is -0.310 e. The number of halogens is 2. The standard InChI is InChI=1S/C16H25F2N/c1-11(2)7-15(8-12(3)4)19-10-13-9-14(17)5-6-16(13)18/h5-6,9,11-12,15,19H,7-8,10H2,1-4H3. The topological polar surface area (TPSA) is 12.0 Å². The Kier molecular flexibility index (Phi) is 6.43.